The van der Waals surface area contributed by atoms with Gasteiger partial charge in [-0.2, -0.15) is 0 Å². The minimum atomic E-state index is -0.154. The first-order chi connectivity index (χ1) is 9.61. The average molecular weight is 279 g/mol. The lowest BCUT2D eigenvalue weighted by Gasteiger charge is -2.28. The van der Waals surface area contributed by atoms with Crippen LogP contribution in [0.25, 0.3) is 0 Å². The molecule has 0 fully saturated rings. The summed E-state index contributed by atoms with van der Waals surface area (Å²) in [5.74, 6) is 0.974. The van der Waals surface area contributed by atoms with Crippen molar-refractivity contribution in [1.29, 1.82) is 0 Å². The van der Waals surface area contributed by atoms with Crippen LogP contribution in [0.15, 0.2) is 24.3 Å². The van der Waals surface area contributed by atoms with Crippen molar-refractivity contribution in [3.05, 3.63) is 29.8 Å². The predicted molar refractivity (Wildman–Crippen MR) is 84.3 cm³/mol. The molecule has 114 valence electrons. The molecule has 0 saturated carbocycles. The molecule has 1 rings (SSSR count). The van der Waals surface area contributed by atoms with E-state index in [0.29, 0.717) is 0 Å². The minimum Gasteiger partial charge on any atom is -0.493 e. The lowest BCUT2D eigenvalue weighted by atomic mass is 9.95. The van der Waals surface area contributed by atoms with Gasteiger partial charge in [0.05, 0.1) is 13.2 Å². The molecular formula is C17H29NO2. The number of aliphatic hydroxyl groups excluding tert-OH is 1. The fourth-order valence-electron chi connectivity index (χ4n) is 2.17. The molecular weight excluding hydrogens is 250 g/mol. The van der Waals surface area contributed by atoms with Gasteiger partial charge < -0.3 is 15.2 Å². The van der Waals surface area contributed by atoms with Crippen molar-refractivity contribution < 1.29 is 9.84 Å². The Balaban J connectivity index is 2.22. The van der Waals surface area contributed by atoms with E-state index < -0.39 is 0 Å². The molecule has 0 aliphatic heterocycles. The number of hydrogen-bond donors (Lipinski definition) is 2. The molecule has 3 heteroatoms. The Labute approximate surface area is 123 Å². The first-order valence-corrected chi connectivity index (χ1v) is 7.65. The number of hydrogen-bond acceptors (Lipinski definition) is 3. The molecule has 1 unspecified atom stereocenters. The summed E-state index contributed by atoms with van der Waals surface area (Å²) in [6, 6.07) is 8.09. The Morgan fingerprint density at radius 3 is 2.65 bits per heavy atom. The Bertz CT molecular complexity index is 381. The summed E-state index contributed by atoms with van der Waals surface area (Å²) in [6.45, 7) is 8.17. The Morgan fingerprint density at radius 1 is 1.25 bits per heavy atom. The highest BCUT2D eigenvalue weighted by atomic mass is 16.5. The first kappa shape index (κ1) is 17.0. The van der Waals surface area contributed by atoms with Gasteiger partial charge in [0.15, 0.2) is 0 Å². The van der Waals surface area contributed by atoms with Crippen LogP contribution >= 0.6 is 0 Å². The molecule has 1 atom stereocenters. The number of nitrogens with one attached hydrogen (secondary N) is 1. The smallest absolute Gasteiger partial charge is 0.122 e. The van der Waals surface area contributed by atoms with E-state index in [1.54, 1.807) is 0 Å². The fraction of sp³-hybridized carbons (Fsp3) is 0.647. The summed E-state index contributed by atoms with van der Waals surface area (Å²) in [5, 5.41) is 12.9. The van der Waals surface area contributed by atoms with Gasteiger partial charge in [-0.25, -0.2) is 0 Å². The lowest BCUT2D eigenvalue weighted by Crippen LogP contribution is -2.46. The lowest BCUT2D eigenvalue weighted by molar-refractivity contribution is 0.160. The first-order valence-electron chi connectivity index (χ1n) is 7.65. The molecule has 0 heterocycles. The SMILES string of the molecule is CCCNC(C)(CO)CCCCOc1ccccc1C. The summed E-state index contributed by atoms with van der Waals surface area (Å²) in [5.41, 5.74) is 1.02. The molecule has 1 aromatic carbocycles. The second-order valence-electron chi connectivity index (χ2n) is 5.72. The topological polar surface area (TPSA) is 41.5 Å². The number of para-hydroxylation sites is 1. The molecule has 0 aliphatic rings. The van der Waals surface area contributed by atoms with E-state index in [0.717, 1.165) is 44.6 Å². The van der Waals surface area contributed by atoms with Crippen molar-refractivity contribution in [3.8, 4) is 5.75 Å². The molecule has 0 radical (unpaired) electrons. The standard InChI is InChI=1S/C17H29NO2/c1-4-12-18-17(3,14-19)11-7-8-13-20-16-10-6-5-9-15(16)2/h5-6,9-10,18-19H,4,7-8,11-14H2,1-3H3. The highest BCUT2D eigenvalue weighted by Gasteiger charge is 2.21. The summed E-state index contributed by atoms with van der Waals surface area (Å²) in [6.07, 6.45) is 4.13. The largest absolute Gasteiger partial charge is 0.493 e. The van der Waals surface area contributed by atoms with E-state index in [1.165, 1.54) is 5.56 Å². The zero-order valence-electron chi connectivity index (χ0n) is 13.1. The van der Waals surface area contributed by atoms with Gasteiger partial charge in [0.1, 0.15) is 5.75 Å². The van der Waals surface area contributed by atoms with Gasteiger partial charge in [-0.15, -0.1) is 0 Å². The average Bonchev–Trinajstić information content (AvgIpc) is 2.46. The third kappa shape index (κ3) is 5.93. The van der Waals surface area contributed by atoms with Gasteiger partial charge in [0, 0.05) is 5.54 Å². The van der Waals surface area contributed by atoms with Crippen molar-refractivity contribution in [3.63, 3.8) is 0 Å². The van der Waals surface area contributed by atoms with Crippen LogP contribution in [0.2, 0.25) is 0 Å². The molecule has 2 N–H and O–H groups in total. The highest BCUT2D eigenvalue weighted by Crippen LogP contribution is 2.18. The van der Waals surface area contributed by atoms with Crippen molar-refractivity contribution in [2.75, 3.05) is 19.8 Å². The van der Waals surface area contributed by atoms with Crippen molar-refractivity contribution in [2.24, 2.45) is 0 Å². The monoisotopic (exact) mass is 279 g/mol. The Morgan fingerprint density at radius 2 is 2.00 bits per heavy atom. The van der Waals surface area contributed by atoms with Crippen LogP contribution in [-0.2, 0) is 0 Å². The van der Waals surface area contributed by atoms with Crippen LogP contribution in [0.5, 0.6) is 5.75 Å². The van der Waals surface area contributed by atoms with Gasteiger partial charge in [-0.3, -0.25) is 0 Å². The van der Waals surface area contributed by atoms with Gasteiger partial charge >= 0.3 is 0 Å². The van der Waals surface area contributed by atoms with Crippen LogP contribution in [0.1, 0.15) is 45.1 Å². The van der Waals surface area contributed by atoms with E-state index in [2.05, 4.69) is 32.2 Å². The highest BCUT2D eigenvalue weighted by molar-refractivity contribution is 5.31. The number of aliphatic hydroxyl groups is 1. The molecule has 0 saturated heterocycles. The van der Waals surface area contributed by atoms with E-state index in [1.807, 2.05) is 18.2 Å². The van der Waals surface area contributed by atoms with Gasteiger partial charge in [-0.1, -0.05) is 25.1 Å². The van der Waals surface area contributed by atoms with E-state index in [9.17, 15) is 5.11 Å². The molecule has 3 nitrogen and oxygen atoms in total. The number of benzene rings is 1. The summed E-state index contributed by atoms with van der Waals surface area (Å²) >= 11 is 0. The van der Waals surface area contributed by atoms with E-state index in [-0.39, 0.29) is 12.1 Å². The molecule has 0 amide bonds. The minimum absolute atomic E-state index is 0.154. The quantitative estimate of drug-likeness (QED) is 0.646. The molecule has 20 heavy (non-hydrogen) atoms. The van der Waals surface area contributed by atoms with Crippen molar-refractivity contribution in [1.82, 2.24) is 5.32 Å². The zero-order chi connectivity index (χ0) is 14.8. The maximum Gasteiger partial charge on any atom is 0.122 e. The Hall–Kier alpha value is -1.06. The van der Waals surface area contributed by atoms with Crippen LogP contribution in [0.4, 0.5) is 0 Å². The van der Waals surface area contributed by atoms with Crippen molar-refractivity contribution >= 4 is 0 Å². The van der Waals surface area contributed by atoms with E-state index >= 15 is 0 Å². The van der Waals surface area contributed by atoms with Crippen LogP contribution in [-0.4, -0.2) is 30.4 Å². The molecule has 0 aromatic heterocycles. The van der Waals surface area contributed by atoms with Crippen molar-refractivity contribution in [2.45, 2.75) is 52.0 Å². The fourth-order valence-corrected chi connectivity index (χ4v) is 2.17. The summed E-state index contributed by atoms with van der Waals surface area (Å²) < 4.78 is 5.78. The summed E-state index contributed by atoms with van der Waals surface area (Å²) in [7, 11) is 0. The maximum atomic E-state index is 9.49. The zero-order valence-corrected chi connectivity index (χ0v) is 13.1. The van der Waals surface area contributed by atoms with Crippen LogP contribution in [0, 0.1) is 6.92 Å². The second kappa shape index (κ2) is 8.98. The van der Waals surface area contributed by atoms with Gasteiger partial charge in [0.25, 0.3) is 0 Å². The normalized spacial score (nSPS) is 14.0. The van der Waals surface area contributed by atoms with Crippen LogP contribution < -0.4 is 10.1 Å². The molecule has 0 aliphatic carbocycles. The number of aryl methyl sites for hydroxylation is 1. The molecule has 1 aromatic rings. The number of rotatable bonds is 10. The third-order valence-corrected chi connectivity index (χ3v) is 3.62. The Kier molecular flexibility index (Phi) is 7.63. The predicted octanol–water partition coefficient (Wildman–Crippen LogP) is 3.29. The number of unbranched alkanes of at least 4 members (excludes halogenated alkanes) is 1. The van der Waals surface area contributed by atoms with Gasteiger partial charge in [-0.05, 0) is 57.7 Å². The van der Waals surface area contributed by atoms with E-state index in [4.69, 9.17) is 4.74 Å². The number of ether oxygens (including phenoxy) is 1. The van der Waals surface area contributed by atoms with Gasteiger partial charge in [0.2, 0.25) is 0 Å². The molecule has 0 spiro atoms. The summed E-state index contributed by atoms with van der Waals surface area (Å²) in [4.78, 5) is 0. The third-order valence-electron chi connectivity index (χ3n) is 3.62. The maximum absolute atomic E-state index is 9.49. The molecule has 0 bridgehead atoms. The van der Waals surface area contributed by atoms with Crippen LogP contribution in [0.3, 0.4) is 0 Å². The second-order valence-corrected chi connectivity index (χ2v) is 5.72.